The quantitative estimate of drug-likeness (QED) is 0.587. The molecule has 0 aliphatic rings. The fraction of sp³-hybridized carbons (Fsp3) is 0.250. The Morgan fingerprint density at radius 2 is 1.74 bits per heavy atom. The highest BCUT2D eigenvalue weighted by atomic mass is 35.5. The lowest BCUT2D eigenvalue weighted by atomic mass is 10.1. The van der Waals surface area contributed by atoms with Crippen LogP contribution in [0.15, 0.2) is 48.7 Å². The lowest BCUT2D eigenvalue weighted by molar-refractivity contribution is 0.866. The van der Waals surface area contributed by atoms with Gasteiger partial charge in [0.25, 0.3) is 0 Å². The molecule has 0 radical (unpaired) electrons. The van der Waals surface area contributed by atoms with Crippen LogP contribution in [0.5, 0.6) is 0 Å². The van der Waals surface area contributed by atoms with Gasteiger partial charge < -0.3 is 15.5 Å². The molecule has 0 spiro atoms. The van der Waals surface area contributed by atoms with Gasteiger partial charge in [0.1, 0.15) is 0 Å². The van der Waals surface area contributed by atoms with Crippen molar-refractivity contribution in [3.8, 4) is 0 Å². The summed E-state index contributed by atoms with van der Waals surface area (Å²) in [4.78, 5) is 6.79. The van der Waals surface area contributed by atoms with Gasteiger partial charge in [-0.25, -0.2) is 0 Å². The van der Waals surface area contributed by atoms with E-state index in [4.69, 9.17) is 11.6 Å². The van der Waals surface area contributed by atoms with Crippen molar-refractivity contribution < 1.29 is 0 Å². The summed E-state index contributed by atoms with van der Waals surface area (Å²) in [6.07, 6.45) is 1.60. The zero-order chi connectivity index (χ0) is 19.2. The van der Waals surface area contributed by atoms with Gasteiger partial charge in [0.2, 0.25) is 5.95 Å². The van der Waals surface area contributed by atoms with Crippen molar-refractivity contribution in [1.29, 1.82) is 0 Å². The summed E-state index contributed by atoms with van der Waals surface area (Å²) >= 11 is 5.91. The lowest BCUT2D eigenvalue weighted by Crippen LogP contribution is -2.21. The van der Waals surface area contributed by atoms with Crippen LogP contribution in [0.3, 0.4) is 0 Å². The molecule has 0 saturated heterocycles. The minimum absolute atomic E-state index is 0.416. The Hall–Kier alpha value is -2.86. The van der Waals surface area contributed by atoms with Crippen LogP contribution in [0.4, 0.5) is 28.8 Å². The maximum absolute atomic E-state index is 5.91. The predicted octanol–water partition coefficient (Wildman–Crippen LogP) is 5.17. The molecule has 0 fully saturated rings. The van der Waals surface area contributed by atoms with E-state index < -0.39 is 0 Å². The Balaban J connectivity index is 1.75. The Morgan fingerprint density at radius 3 is 2.41 bits per heavy atom. The third kappa shape index (κ3) is 4.86. The van der Waals surface area contributed by atoms with Crippen LogP contribution in [-0.2, 0) is 0 Å². The molecule has 7 heteroatoms. The van der Waals surface area contributed by atoms with E-state index in [1.807, 2.05) is 12.1 Å². The molecule has 6 nitrogen and oxygen atoms in total. The maximum atomic E-state index is 5.91. The van der Waals surface area contributed by atoms with Crippen LogP contribution in [-0.4, -0.2) is 28.3 Å². The summed E-state index contributed by atoms with van der Waals surface area (Å²) in [5, 5.41) is 15.2. The number of anilines is 5. The standard InChI is InChI=1S/C20H23ClN6/c1-4-27(5-2)17-10-11-18(14(3)12-17)24-19-13-22-26-20(25-19)23-16-8-6-15(21)7-9-16/h6-13H,4-5H2,1-3H3,(H2,23,24,25,26). The highest BCUT2D eigenvalue weighted by Crippen LogP contribution is 2.25. The number of hydrogen-bond acceptors (Lipinski definition) is 6. The zero-order valence-electron chi connectivity index (χ0n) is 15.7. The van der Waals surface area contributed by atoms with Crippen molar-refractivity contribution in [3.63, 3.8) is 0 Å². The summed E-state index contributed by atoms with van der Waals surface area (Å²) in [6.45, 7) is 8.37. The van der Waals surface area contributed by atoms with Crippen molar-refractivity contribution in [2.24, 2.45) is 0 Å². The molecule has 0 atom stereocenters. The normalized spacial score (nSPS) is 10.5. The number of benzene rings is 2. The molecule has 140 valence electrons. The Labute approximate surface area is 164 Å². The van der Waals surface area contributed by atoms with Crippen LogP contribution >= 0.6 is 11.6 Å². The molecule has 0 bridgehead atoms. The fourth-order valence-corrected chi connectivity index (χ4v) is 2.92. The summed E-state index contributed by atoms with van der Waals surface area (Å²) in [5.41, 5.74) is 4.20. The minimum Gasteiger partial charge on any atom is -0.372 e. The molecular weight excluding hydrogens is 360 g/mol. The molecule has 2 aromatic carbocycles. The highest BCUT2D eigenvalue weighted by molar-refractivity contribution is 6.30. The number of aryl methyl sites for hydroxylation is 1. The second kappa shape index (κ2) is 8.68. The average Bonchev–Trinajstić information content (AvgIpc) is 2.67. The lowest BCUT2D eigenvalue weighted by Gasteiger charge is -2.22. The fourth-order valence-electron chi connectivity index (χ4n) is 2.79. The van der Waals surface area contributed by atoms with Gasteiger partial charge in [-0.3, -0.25) is 0 Å². The van der Waals surface area contributed by atoms with Crippen LogP contribution in [0.25, 0.3) is 0 Å². The highest BCUT2D eigenvalue weighted by Gasteiger charge is 2.07. The molecule has 0 unspecified atom stereocenters. The van der Waals surface area contributed by atoms with Gasteiger partial charge in [-0.15, -0.1) is 5.10 Å². The van der Waals surface area contributed by atoms with E-state index in [0.29, 0.717) is 16.8 Å². The van der Waals surface area contributed by atoms with Gasteiger partial charge in [0.15, 0.2) is 5.82 Å². The van der Waals surface area contributed by atoms with Gasteiger partial charge in [-0.05, 0) is 68.8 Å². The first kappa shape index (κ1) is 18.9. The van der Waals surface area contributed by atoms with Crippen molar-refractivity contribution in [2.45, 2.75) is 20.8 Å². The average molecular weight is 383 g/mol. The molecule has 27 heavy (non-hydrogen) atoms. The number of rotatable bonds is 7. The molecule has 3 rings (SSSR count). The minimum atomic E-state index is 0.416. The van der Waals surface area contributed by atoms with Crippen LogP contribution < -0.4 is 15.5 Å². The SMILES string of the molecule is CCN(CC)c1ccc(Nc2cnnc(Nc3ccc(Cl)cc3)n2)c(C)c1. The number of hydrogen-bond donors (Lipinski definition) is 2. The van der Waals surface area contributed by atoms with Gasteiger partial charge in [0, 0.05) is 35.2 Å². The van der Waals surface area contributed by atoms with Gasteiger partial charge >= 0.3 is 0 Å². The van der Waals surface area contributed by atoms with Crippen molar-refractivity contribution in [3.05, 3.63) is 59.2 Å². The molecule has 2 N–H and O–H groups in total. The third-order valence-electron chi connectivity index (χ3n) is 4.26. The summed E-state index contributed by atoms with van der Waals surface area (Å²) in [7, 11) is 0. The molecular formula is C20H23ClN6. The van der Waals surface area contributed by atoms with Gasteiger partial charge in [-0.1, -0.05) is 11.6 Å². The summed E-state index contributed by atoms with van der Waals surface area (Å²) < 4.78 is 0. The zero-order valence-corrected chi connectivity index (χ0v) is 16.5. The Bertz CT molecular complexity index is 893. The van der Waals surface area contributed by atoms with Crippen LogP contribution in [0, 0.1) is 6.92 Å². The van der Waals surface area contributed by atoms with E-state index in [2.05, 4.69) is 69.7 Å². The second-order valence-corrected chi connectivity index (χ2v) is 6.53. The number of nitrogens with zero attached hydrogens (tertiary/aromatic N) is 4. The predicted molar refractivity (Wildman–Crippen MR) is 113 cm³/mol. The van der Waals surface area contributed by atoms with E-state index in [1.54, 1.807) is 18.3 Å². The van der Waals surface area contributed by atoms with Crippen molar-refractivity contribution in [1.82, 2.24) is 15.2 Å². The summed E-state index contributed by atoms with van der Waals surface area (Å²) in [6, 6.07) is 13.7. The van der Waals surface area contributed by atoms with Crippen molar-refractivity contribution >= 4 is 40.4 Å². The van der Waals surface area contributed by atoms with Crippen molar-refractivity contribution in [2.75, 3.05) is 28.6 Å². The smallest absolute Gasteiger partial charge is 0.249 e. The topological polar surface area (TPSA) is 66.0 Å². The largest absolute Gasteiger partial charge is 0.372 e. The molecule has 0 aliphatic carbocycles. The van der Waals surface area contributed by atoms with E-state index in [1.165, 1.54) is 5.69 Å². The Morgan fingerprint density at radius 1 is 1.00 bits per heavy atom. The molecule has 1 heterocycles. The molecule has 1 aromatic heterocycles. The van der Waals surface area contributed by atoms with E-state index in [-0.39, 0.29) is 0 Å². The molecule has 3 aromatic rings. The maximum Gasteiger partial charge on any atom is 0.249 e. The van der Waals surface area contributed by atoms with Gasteiger partial charge in [0.05, 0.1) is 6.20 Å². The second-order valence-electron chi connectivity index (χ2n) is 6.09. The monoisotopic (exact) mass is 382 g/mol. The van der Waals surface area contributed by atoms with Gasteiger partial charge in [-0.2, -0.15) is 10.1 Å². The number of halogens is 1. The number of aromatic nitrogens is 3. The molecule has 0 saturated carbocycles. The first-order chi connectivity index (χ1) is 13.1. The molecule has 0 aliphatic heterocycles. The van der Waals surface area contributed by atoms with E-state index in [0.717, 1.165) is 30.0 Å². The first-order valence-electron chi connectivity index (χ1n) is 8.94. The van der Waals surface area contributed by atoms with Crippen LogP contribution in [0.1, 0.15) is 19.4 Å². The molecule has 0 amide bonds. The Kier molecular flexibility index (Phi) is 6.08. The first-order valence-corrected chi connectivity index (χ1v) is 9.31. The van der Waals surface area contributed by atoms with E-state index >= 15 is 0 Å². The summed E-state index contributed by atoms with van der Waals surface area (Å²) in [5.74, 6) is 1.04. The number of nitrogens with one attached hydrogen (secondary N) is 2. The van der Waals surface area contributed by atoms with Crippen LogP contribution in [0.2, 0.25) is 5.02 Å². The third-order valence-corrected chi connectivity index (χ3v) is 4.51. The van der Waals surface area contributed by atoms with E-state index in [9.17, 15) is 0 Å².